The minimum Gasteiger partial charge on any atom is -0.472 e. The number of rotatable bonds is 12. The molecule has 1 heterocycles. The van der Waals surface area contributed by atoms with Gasteiger partial charge in [0.15, 0.2) is 0 Å². The van der Waals surface area contributed by atoms with Gasteiger partial charge < -0.3 is 9.15 Å². The summed E-state index contributed by atoms with van der Waals surface area (Å²) in [7, 11) is 1.83. The number of methoxy groups -OCH3 is 1. The van der Waals surface area contributed by atoms with Crippen molar-refractivity contribution in [3.63, 3.8) is 0 Å². The monoisotopic (exact) mass is 386 g/mol. The molecule has 0 saturated carbocycles. The van der Waals surface area contributed by atoms with Gasteiger partial charge in [-0.25, -0.2) is 0 Å². The highest BCUT2D eigenvalue weighted by atomic mass is 16.5. The zero-order valence-electron chi connectivity index (χ0n) is 18.9. The fourth-order valence-electron chi connectivity index (χ4n) is 4.84. The van der Waals surface area contributed by atoms with Gasteiger partial charge in [0.25, 0.3) is 0 Å². The molecule has 0 spiro atoms. The number of allylic oxidation sites excluding steroid dienone is 4. The average molecular weight is 387 g/mol. The molecule has 0 aliphatic heterocycles. The van der Waals surface area contributed by atoms with Crippen LogP contribution in [0.1, 0.15) is 84.6 Å². The van der Waals surface area contributed by atoms with Crippen molar-refractivity contribution in [2.24, 2.45) is 17.3 Å². The zero-order chi connectivity index (χ0) is 20.4. The number of furan rings is 1. The van der Waals surface area contributed by atoms with Crippen LogP contribution >= 0.6 is 0 Å². The Bertz CT molecular complexity index is 606. The van der Waals surface area contributed by atoms with Gasteiger partial charge in [0.2, 0.25) is 0 Å². The van der Waals surface area contributed by atoms with Crippen molar-refractivity contribution in [1.29, 1.82) is 0 Å². The fourth-order valence-corrected chi connectivity index (χ4v) is 4.84. The lowest BCUT2D eigenvalue weighted by Gasteiger charge is -2.38. The molecule has 1 aliphatic rings. The van der Waals surface area contributed by atoms with E-state index in [4.69, 9.17) is 9.15 Å². The molecule has 0 amide bonds. The highest BCUT2D eigenvalue weighted by Crippen LogP contribution is 2.43. The van der Waals surface area contributed by atoms with Gasteiger partial charge >= 0.3 is 0 Å². The largest absolute Gasteiger partial charge is 0.472 e. The van der Waals surface area contributed by atoms with E-state index in [1.54, 1.807) is 17.4 Å². The molecule has 1 aromatic rings. The second kappa shape index (κ2) is 11.7. The maximum Gasteiger partial charge on any atom is 0.0934 e. The van der Waals surface area contributed by atoms with Crippen LogP contribution in [0.15, 0.2) is 46.3 Å². The Morgan fingerprint density at radius 2 is 2.18 bits per heavy atom. The SMILES string of the molecule is COCC(CC/C=C(\C)CCC1C(C)=CCCC1(C)C)CCCc1ccoc1. The van der Waals surface area contributed by atoms with Crippen LogP contribution in [0.2, 0.25) is 0 Å². The number of hydrogen-bond acceptors (Lipinski definition) is 2. The van der Waals surface area contributed by atoms with Crippen LogP contribution in [0.5, 0.6) is 0 Å². The zero-order valence-corrected chi connectivity index (χ0v) is 18.9. The summed E-state index contributed by atoms with van der Waals surface area (Å²) in [6, 6.07) is 2.07. The average Bonchev–Trinajstić information content (AvgIpc) is 3.14. The van der Waals surface area contributed by atoms with Crippen LogP contribution < -0.4 is 0 Å². The van der Waals surface area contributed by atoms with Gasteiger partial charge in [0.1, 0.15) is 0 Å². The Labute approximate surface area is 173 Å². The Balaban J connectivity index is 1.72. The van der Waals surface area contributed by atoms with Crippen LogP contribution in [-0.4, -0.2) is 13.7 Å². The molecule has 2 atom stereocenters. The van der Waals surface area contributed by atoms with E-state index < -0.39 is 0 Å². The van der Waals surface area contributed by atoms with E-state index in [0.29, 0.717) is 11.3 Å². The molecular formula is C26H42O2. The molecular weight excluding hydrogens is 344 g/mol. The summed E-state index contributed by atoms with van der Waals surface area (Å²) in [6.45, 7) is 10.4. The van der Waals surface area contributed by atoms with Crippen molar-refractivity contribution >= 4 is 0 Å². The first-order chi connectivity index (χ1) is 13.4. The van der Waals surface area contributed by atoms with Gasteiger partial charge in [-0.15, -0.1) is 0 Å². The molecule has 0 bridgehead atoms. The van der Waals surface area contributed by atoms with Gasteiger partial charge in [0, 0.05) is 13.7 Å². The summed E-state index contributed by atoms with van der Waals surface area (Å²) in [6.07, 6.45) is 19.6. The molecule has 28 heavy (non-hydrogen) atoms. The van der Waals surface area contributed by atoms with Crippen LogP contribution in [0.4, 0.5) is 0 Å². The molecule has 0 aromatic carbocycles. The third kappa shape index (κ3) is 7.62. The van der Waals surface area contributed by atoms with E-state index in [1.807, 2.05) is 13.4 Å². The first-order valence-corrected chi connectivity index (χ1v) is 11.2. The second-order valence-corrected chi connectivity index (χ2v) is 9.54. The lowest BCUT2D eigenvalue weighted by molar-refractivity contribution is 0.142. The first-order valence-electron chi connectivity index (χ1n) is 11.2. The van der Waals surface area contributed by atoms with Crippen molar-refractivity contribution < 1.29 is 9.15 Å². The normalized spacial score (nSPS) is 20.8. The van der Waals surface area contributed by atoms with E-state index in [0.717, 1.165) is 18.9 Å². The first kappa shape index (κ1) is 23.0. The third-order valence-electron chi connectivity index (χ3n) is 6.70. The highest BCUT2D eigenvalue weighted by molar-refractivity contribution is 5.13. The molecule has 158 valence electrons. The highest BCUT2D eigenvalue weighted by Gasteiger charge is 2.32. The summed E-state index contributed by atoms with van der Waals surface area (Å²) in [5, 5.41) is 0. The Kier molecular flexibility index (Phi) is 9.58. The predicted molar refractivity (Wildman–Crippen MR) is 119 cm³/mol. The summed E-state index contributed by atoms with van der Waals surface area (Å²) >= 11 is 0. The summed E-state index contributed by atoms with van der Waals surface area (Å²) in [4.78, 5) is 0. The fraction of sp³-hybridized carbons (Fsp3) is 0.692. The van der Waals surface area contributed by atoms with Crippen LogP contribution in [0, 0.1) is 17.3 Å². The van der Waals surface area contributed by atoms with E-state index in [9.17, 15) is 0 Å². The molecule has 1 aromatic heterocycles. The minimum absolute atomic E-state index is 0.456. The van der Waals surface area contributed by atoms with Gasteiger partial charge in [-0.1, -0.05) is 37.1 Å². The topological polar surface area (TPSA) is 22.4 Å². The molecule has 2 nitrogen and oxygen atoms in total. The molecule has 0 saturated heterocycles. The molecule has 1 aliphatic carbocycles. The molecule has 2 unspecified atom stereocenters. The number of hydrogen-bond donors (Lipinski definition) is 0. The van der Waals surface area contributed by atoms with Gasteiger partial charge in [-0.3, -0.25) is 0 Å². The van der Waals surface area contributed by atoms with Crippen molar-refractivity contribution in [3.05, 3.63) is 47.5 Å². The lowest BCUT2D eigenvalue weighted by Crippen LogP contribution is -2.27. The third-order valence-corrected chi connectivity index (χ3v) is 6.70. The smallest absolute Gasteiger partial charge is 0.0934 e. The van der Waals surface area contributed by atoms with Gasteiger partial charge in [-0.05, 0) is 101 Å². The maximum absolute atomic E-state index is 5.47. The minimum atomic E-state index is 0.456. The second-order valence-electron chi connectivity index (χ2n) is 9.54. The number of aryl methyl sites for hydroxylation is 1. The van der Waals surface area contributed by atoms with Crippen molar-refractivity contribution in [1.82, 2.24) is 0 Å². The molecule has 0 fully saturated rings. The van der Waals surface area contributed by atoms with Crippen LogP contribution in [-0.2, 0) is 11.2 Å². The molecule has 0 radical (unpaired) electrons. The standard InChI is InChI=1S/C26H42O2/c1-21(14-15-25-22(2)10-8-17-26(25,3)4)9-6-11-23(19-27-5)12-7-13-24-16-18-28-20-24/h9-10,16,18,20,23,25H,6-8,11-15,17,19H2,1-5H3/b21-9+. The summed E-state index contributed by atoms with van der Waals surface area (Å²) < 4.78 is 10.6. The van der Waals surface area contributed by atoms with E-state index in [-0.39, 0.29) is 0 Å². The Morgan fingerprint density at radius 1 is 1.36 bits per heavy atom. The molecule has 0 N–H and O–H groups in total. The maximum atomic E-state index is 5.47. The van der Waals surface area contributed by atoms with Crippen molar-refractivity contribution in [2.75, 3.05) is 13.7 Å². The van der Waals surface area contributed by atoms with Crippen LogP contribution in [0.3, 0.4) is 0 Å². The summed E-state index contributed by atoms with van der Waals surface area (Å²) in [5.41, 5.74) is 4.94. The molecule has 2 heteroatoms. The predicted octanol–water partition coefficient (Wildman–Crippen LogP) is 7.75. The van der Waals surface area contributed by atoms with Gasteiger partial charge in [0.05, 0.1) is 12.5 Å². The lowest BCUT2D eigenvalue weighted by atomic mass is 9.67. The van der Waals surface area contributed by atoms with E-state index in [2.05, 4.69) is 45.9 Å². The van der Waals surface area contributed by atoms with Crippen molar-refractivity contribution in [3.8, 4) is 0 Å². The number of ether oxygens (including phenoxy) is 1. The quantitative estimate of drug-likeness (QED) is 0.342. The van der Waals surface area contributed by atoms with Crippen molar-refractivity contribution in [2.45, 2.75) is 85.5 Å². The Morgan fingerprint density at radius 3 is 2.86 bits per heavy atom. The Hall–Kier alpha value is -1.28. The van der Waals surface area contributed by atoms with E-state index >= 15 is 0 Å². The molecule has 2 rings (SSSR count). The van der Waals surface area contributed by atoms with Crippen LogP contribution in [0.25, 0.3) is 0 Å². The van der Waals surface area contributed by atoms with E-state index in [1.165, 1.54) is 56.9 Å². The van der Waals surface area contributed by atoms with Gasteiger partial charge in [-0.2, -0.15) is 0 Å². The summed E-state index contributed by atoms with van der Waals surface area (Å²) in [5.74, 6) is 1.40.